The van der Waals surface area contributed by atoms with Crippen molar-refractivity contribution in [1.29, 1.82) is 0 Å². The number of ketones is 1. The quantitative estimate of drug-likeness (QED) is 0.756. The van der Waals surface area contributed by atoms with Crippen LogP contribution in [0.25, 0.3) is 0 Å². The Labute approximate surface area is 157 Å². The maximum absolute atomic E-state index is 13.0. The number of hydrogen-bond acceptors (Lipinski definition) is 6. The second-order valence-corrected chi connectivity index (χ2v) is 6.57. The molecule has 140 valence electrons. The van der Waals surface area contributed by atoms with Gasteiger partial charge in [-0.3, -0.25) is 4.79 Å². The van der Waals surface area contributed by atoms with Crippen LogP contribution >= 0.6 is 0 Å². The normalized spacial score (nSPS) is 28.7. The van der Waals surface area contributed by atoms with Crippen molar-refractivity contribution in [1.82, 2.24) is 0 Å². The lowest BCUT2D eigenvalue weighted by atomic mass is 9.87. The van der Waals surface area contributed by atoms with Gasteiger partial charge in [0.15, 0.2) is 11.9 Å². The molecule has 0 amide bonds. The molecule has 0 aromatic heterocycles. The van der Waals surface area contributed by atoms with Gasteiger partial charge in [-0.2, -0.15) is 0 Å². The number of Topliss-reactive ketones (excluding diaryl/α,β-unsaturated/α-hetero) is 1. The third kappa shape index (κ3) is 2.60. The molecule has 0 radical (unpaired) electrons. The minimum Gasteiger partial charge on any atom is -0.459 e. The van der Waals surface area contributed by atoms with Crippen molar-refractivity contribution >= 4 is 11.8 Å². The molecule has 2 aromatic carbocycles. The first kappa shape index (κ1) is 17.9. The molecule has 0 saturated carbocycles. The first-order chi connectivity index (χ1) is 13.1. The maximum atomic E-state index is 13.0. The molecule has 2 aliphatic rings. The minimum absolute atomic E-state index is 0.0820. The maximum Gasteiger partial charge on any atom is 0.342 e. The van der Waals surface area contributed by atoms with Crippen LogP contribution in [0.5, 0.6) is 0 Å². The first-order valence-corrected chi connectivity index (χ1v) is 8.84. The number of carbonyl (C=O) groups excluding carboxylic acids is 2. The standard InChI is InChI=1S/C21H20O6/c1-3-20(19(23)25-13-14-9-5-4-6-10-14)18-17(22)15-11-7-8-12-16(15)21(24-2,26-18)27-20/h4-12,18H,3,13H2,1-2H3/t18-,20-,21+/m1/s1. The van der Waals surface area contributed by atoms with Crippen molar-refractivity contribution < 1.29 is 28.5 Å². The molecule has 2 aromatic rings. The van der Waals surface area contributed by atoms with Gasteiger partial charge in [-0.15, -0.1) is 0 Å². The van der Waals surface area contributed by atoms with Crippen molar-refractivity contribution in [3.05, 3.63) is 71.3 Å². The Balaban J connectivity index is 1.68. The average Bonchev–Trinajstić information content (AvgIpc) is 3.05. The number of methoxy groups -OCH3 is 1. The number of benzene rings is 2. The minimum atomic E-state index is -1.60. The fourth-order valence-electron chi connectivity index (χ4n) is 3.65. The number of rotatable bonds is 5. The Bertz CT molecular complexity index is 879. The van der Waals surface area contributed by atoms with E-state index in [0.29, 0.717) is 11.1 Å². The molecule has 0 N–H and O–H groups in total. The van der Waals surface area contributed by atoms with Crippen molar-refractivity contribution in [3.63, 3.8) is 0 Å². The van der Waals surface area contributed by atoms with Crippen LogP contribution in [0.15, 0.2) is 54.6 Å². The molecule has 27 heavy (non-hydrogen) atoms. The van der Waals surface area contributed by atoms with Crippen LogP contribution in [-0.2, 0) is 36.3 Å². The van der Waals surface area contributed by atoms with Gasteiger partial charge in [-0.05, 0) is 12.0 Å². The lowest BCUT2D eigenvalue weighted by Gasteiger charge is -2.30. The zero-order valence-corrected chi connectivity index (χ0v) is 15.1. The fraction of sp³-hybridized carbons (Fsp3) is 0.333. The second kappa shape index (κ2) is 6.56. The van der Waals surface area contributed by atoms with Crippen molar-refractivity contribution in [2.75, 3.05) is 7.11 Å². The Morgan fingerprint density at radius 1 is 1.11 bits per heavy atom. The lowest BCUT2D eigenvalue weighted by Crippen LogP contribution is -2.51. The summed E-state index contributed by atoms with van der Waals surface area (Å²) in [6, 6.07) is 16.2. The molecule has 0 unspecified atom stereocenters. The topological polar surface area (TPSA) is 71.1 Å². The lowest BCUT2D eigenvalue weighted by molar-refractivity contribution is -0.350. The van der Waals surface area contributed by atoms with Gasteiger partial charge >= 0.3 is 11.9 Å². The summed E-state index contributed by atoms with van der Waals surface area (Å²) < 4.78 is 22.9. The fourth-order valence-corrected chi connectivity index (χ4v) is 3.65. The van der Waals surface area contributed by atoms with Gasteiger partial charge in [0.05, 0.1) is 5.56 Å². The summed E-state index contributed by atoms with van der Waals surface area (Å²) >= 11 is 0. The van der Waals surface area contributed by atoms with E-state index in [1.165, 1.54) is 7.11 Å². The highest BCUT2D eigenvalue weighted by Crippen LogP contribution is 2.51. The van der Waals surface area contributed by atoms with E-state index in [0.717, 1.165) is 5.56 Å². The molecule has 2 bridgehead atoms. The average molecular weight is 368 g/mol. The van der Waals surface area contributed by atoms with Crippen LogP contribution in [0.1, 0.15) is 34.8 Å². The first-order valence-electron chi connectivity index (χ1n) is 8.84. The smallest absolute Gasteiger partial charge is 0.342 e. The van der Waals surface area contributed by atoms with Crippen molar-refractivity contribution in [2.24, 2.45) is 0 Å². The van der Waals surface area contributed by atoms with Gasteiger partial charge in [0.2, 0.25) is 5.60 Å². The summed E-state index contributed by atoms with van der Waals surface area (Å²) in [5, 5.41) is 0. The zero-order chi connectivity index (χ0) is 19.1. The van der Waals surface area contributed by atoms with Gasteiger partial charge < -0.3 is 18.9 Å². The predicted molar refractivity (Wildman–Crippen MR) is 94.7 cm³/mol. The highest BCUT2D eigenvalue weighted by Gasteiger charge is 2.68. The molecule has 6 nitrogen and oxygen atoms in total. The summed E-state index contributed by atoms with van der Waals surface area (Å²) in [7, 11) is 1.42. The molecule has 6 heteroatoms. The third-order valence-electron chi connectivity index (χ3n) is 5.13. The number of hydrogen-bond donors (Lipinski definition) is 0. The second-order valence-electron chi connectivity index (χ2n) is 6.57. The molecule has 2 heterocycles. The Kier molecular flexibility index (Phi) is 4.34. The van der Waals surface area contributed by atoms with E-state index >= 15 is 0 Å². The number of ether oxygens (including phenoxy) is 4. The molecule has 0 spiro atoms. The van der Waals surface area contributed by atoms with Gasteiger partial charge in [-0.1, -0.05) is 61.5 Å². The van der Waals surface area contributed by atoms with Gasteiger partial charge in [0.1, 0.15) is 6.61 Å². The summed E-state index contributed by atoms with van der Waals surface area (Å²) in [5.41, 5.74) is 0.165. The van der Waals surface area contributed by atoms with Crippen LogP contribution < -0.4 is 0 Å². The van der Waals surface area contributed by atoms with Gasteiger partial charge in [0, 0.05) is 12.7 Å². The van der Waals surface area contributed by atoms with Crippen LogP contribution in [0.3, 0.4) is 0 Å². The summed E-state index contributed by atoms with van der Waals surface area (Å²) in [4.78, 5) is 26.1. The van der Waals surface area contributed by atoms with Gasteiger partial charge in [-0.25, -0.2) is 4.79 Å². The Morgan fingerprint density at radius 3 is 2.52 bits per heavy atom. The monoisotopic (exact) mass is 368 g/mol. The van der Waals surface area contributed by atoms with Crippen molar-refractivity contribution in [2.45, 2.75) is 37.6 Å². The van der Waals surface area contributed by atoms with Gasteiger partial charge in [0.25, 0.3) is 0 Å². The summed E-state index contributed by atoms with van der Waals surface area (Å²) in [6.07, 6.45) is -0.920. The SMILES string of the molecule is CC[C@@]1(C(=O)OCc2ccccc2)O[C@@]2(OC)O[C@@H]1C(=O)c1ccccc12. The van der Waals surface area contributed by atoms with Crippen LogP contribution in [-0.4, -0.2) is 30.6 Å². The molecule has 3 atom stereocenters. The van der Waals surface area contributed by atoms with E-state index in [2.05, 4.69) is 0 Å². The van der Waals surface area contributed by atoms with E-state index in [-0.39, 0.29) is 18.8 Å². The van der Waals surface area contributed by atoms with E-state index in [9.17, 15) is 9.59 Å². The number of carbonyl (C=O) groups is 2. The van der Waals surface area contributed by atoms with Crippen LogP contribution in [0.2, 0.25) is 0 Å². The molecule has 1 saturated heterocycles. The highest BCUT2D eigenvalue weighted by molar-refractivity contribution is 6.06. The molecule has 2 aliphatic heterocycles. The molecule has 1 fully saturated rings. The number of fused-ring (bicyclic) bond motifs is 4. The Hall–Kier alpha value is -2.54. The highest BCUT2D eigenvalue weighted by atomic mass is 16.9. The van der Waals surface area contributed by atoms with Crippen LogP contribution in [0.4, 0.5) is 0 Å². The van der Waals surface area contributed by atoms with Crippen LogP contribution in [0, 0.1) is 0 Å². The van der Waals surface area contributed by atoms with Crippen molar-refractivity contribution in [3.8, 4) is 0 Å². The molecule has 0 aliphatic carbocycles. The van der Waals surface area contributed by atoms with E-state index in [1.807, 2.05) is 30.3 Å². The van der Waals surface area contributed by atoms with E-state index < -0.39 is 23.6 Å². The molecule has 4 rings (SSSR count). The molecular formula is C21H20O6. The Morgan fingerprint density at radius 2 is 1.81 bits per heavy atom. The van der Waals surface area contributed by atoms with E-state index in [1.54, 1.807) is 31.2 Å². The molecular weight excluding hydrogens is 348 g/mol. The summed E-state index contributed by atoms with van der Waals surface area (Å²) in [6.45, 7) is 1.84. The predicted octanol–water partition coefficient (Wildman–Crippen LogP) is 2.95. The zero-order valence-electron chi connectivity index (χ0n) is 15.1. The summed E-state index contributed by atoms with van der Waals surface area (Å²) in [5.74, 6) is -2.55. The largest absolute Gasteiger partial charge is 0.459 e. The number of esters is 1. The van der Waals surface area contributed by atoms with E-state index in [4.69, 9.17) is 18.9 Å². The third-order valence-corrected chi connectivity index (χ3v) is 5.13.